The first-order valence-corrected chi connectivity index (χ1v) is 7.02. The van der Waals surface area contributed by atoms with Gasteiger partial charge in [-0.1, -0.05) is 52.6 Å². The lowest BCUT2D eigenvalue weighted by Gasteiger charge is -2.22. The monoisotopic (exact) mass is 336 g/mol. The Balaban J connectivity index is 2.82. The standard InChI is InChI=1S/C13H15Cl2FN2O3/c1-7(18-21)8-2-4-9(5-3-8)11(19)10(6-16)17-13(20)12(14)15/h2-5,7,10-12,19H,6H2,1H3,(H,17,20)/t7?,10-,11-/m1/s1. The van der Waals surface area contributed by atoms with Crippen LogP contribution in [0, 0.1) is 4.91 Å². The first kappa shape index (κ1) is 17.8. The SMILES string of the molecule is CC(N=O)c1ccc([C@@H](O)[C@@H](CF)NC(=O)C(Cl)Cl)cc1. The smallest absolute Gasteiger partial charge is 0.253 e. The van der Waals surface area contributed by atoms with Gasteiger partial charge in [-0.15, -0.1) is 0 Å². The summed E-state index contributed by atoms with van der Waals surface area (Å²) in [5.41, 5.74) is 1.06. The summed E-state index contributed by atoms with van der Waals surface area (Å²) in [5.74, 6) is -0.782. The number of aliphatic hydroxyl groups excluding tert-OH is 1. The maximum absolute atomic E-state index is 13.0. The highest BCUT2D eigenvalue weighted by Crippen LogP contribution is 2.22. The molecule has 0 aliphatic heterocycles. The van der Waals surface area contributed by atoms with Crippen LogP contribution in [0.2, 0.25) is 0 Å². The lowest BCUT2D eigenvalue weighted by molar-refractivity contribution is -0.121. The van der Waals surface area contributed by atoms with E-state index < -0.39 is 35.6 Å². The molecule has 0 aliphatic carbocycles. The molecule has 1 rings (SSSR count). The van der Waals surface area contributed by atoms with Crippen molar-refractivity contribution >= 4 is 29.1 Å². The summed E-state index contributed by atoms with van der Waals surface area (Å²) in [6.07, 6.45) is -1.26. The van der Waals surface area contributed by atoms with Crippen molar-refractivity contribution in [2.75, 3.05) is 6.67 Å². The molecule has 3 atom stereocenters. The van der Waals surface area contributed by atoms with Gasteiger partial charge in [-0.3, -0.25) is 4.79 Å². The number of hydrogen-bond acceptors (Lipinski definition) is 4. The number of benzene rings is 1. The normalized spacial score (nSPS) is 15.3. The number of nitroso groups, excluding NO2 is 1. The number of carbonyl (C=O) groups is 1. The predicted octanol–water partition coefficient (Wildman–Crippen LogP) is 2.81. The topological polar surface area (TPSA) is 78.8 Å². The number of hydrogen-bond donors (Lipinski definition) is 2. The summed E-state index contributed by atoms with van der Waals surface area (Å²) >= 11 is 10.7. The molecule has 116 valence electrons. The van der Waals surface area contributed by atoms with Crippen molar-refractivity contribution in [2.24, 2.45) is 5.18 Å². The van der Waals surface area contributed by atoms with Crippen molar-refractivity contribution in [3.05, 3.63) is 40.3 Å². The quantitative estimate of drug-likeness (QED) is 0.593. The number of halogens is 3. The van der Waals surface area contributed by atoms with Crippen LogP contribution in [-0.4, -0.2) is 28.6 Å². The lowest BCUT2D eigenvalue weighted by atomic mass is 10.00. The zero-order valence-corrected chi connectivity index (χ0v) is 12.7. The van der Waals surface area contributed by atoms with E-state index in [4.69, 9.17) is 23.2 Å². The molecule has 1 amide bonds. The highest BCUT2D eigenvalue weighted by atomic mass is 35.5. The first-order valence-electron chi connectivity index (χ1n) is 6.15. The molecule has 1 unspecified atom stereocenters. The summed E-state index contributed by atoms with van der Waals surface area (Å²) in [4.78, 5) is 20.4. The van der Waals surface area contributed by atoms with Crippen LogP contribution in [-0.2, 0) is 4.79 Å². The minimum absolute atomic E-state index is 0.389. The fraction of sp³-hybridized carbons (Fsp3) is 0.462. The lowest BCUT2D eigenvalue weighted by Crippen LogP contribution is -2.43. The third-order valence-corrected chi connectivity index (χ3v) is 3.39. The van der Waals surface area contributed by atoms with Gasteiger partial charge in [0.15, 0.2) is 4.84 Å². The van der Waals surface area contributed by atoms with Crippen LogP contribution in [0.1, 0.15) is 30.2 Å². The Morgan fingerprint density at radius 3 is 2.29 bits per heavy atom. The molecule has 0 radical (unpaired) electrons. The van der Waals surface area contributed by atoms with E-state index in [1.165, 1.54) is 12.1 Å². The minimum atomic E-state index is -1.34. The molecule has 0 saturated heterocycles. The van der Waals surface area contributed by atoms with Gasteiger partial charge in [-0.2, -0.15) is 4.91 Å². The van der Waals surface area contributed by atoms with E-state index in [1.54, 1.807) is 19.1 Å². The number of aliphatic hydroxyl groups is 1. The highest BCUT2D eigenvalue weighted by Gasteiger charge is 2.25. The molecule has 2 N–H and O–H groups in total. The number of alkyl halides is 3. The molecule has 0 fully saturated rings. The van der Waals surface area contributed by atoms with Crippen LogP contribution in [0.5, 0.6) is 0 Å². The van der Waals surface area contributed by atoms with Crippen molar-refractivity contribution < 1.29 is 14.3 Å². The molecule has 0 aromatic heterocycles. The zero-order chi connectivity index (χ0) is 16.0. The molecule has 0 saturated carbocycles. The molecular formula is C13H15Cl2FN2O3. The Hall–Kier alpha value is -1.24. The minimum Gasteiger partial charge on any atom is -0.386 e. The maximum atomic E-state index is 13.0. The van der Waals surface area contributed by atoms with Gasteiger partial charge in [0.05, 0.1) is 6.04 Å². The number of carbonyl (C=O) groups excluding carboxylic acids is 1. The molecular weight excluding hydrogens is 322 g/mol. The number of amides is 1. The van der Waals surface area contributed by atoms with Crippen molar-refractivity contribution in [1.82, 2.24) is 5.32 Å². The second-order valence-electron chi connectivity index (χ2n) is 4.46. The van der Waals surface area contributed by atoms with Gasteiger partial charge in [0, 0.05) is 0 Å². The Bertz CT molecular complexity index is 485. The average molecular weight is 337 g/mol. The second-order valence-corrected chi connectivity index (χ2v) is 5.56. The molecule has 8 heteroatoms. The van der Waals surface area contributed by atoms with Crippen LogP contribution in [0.4, 0.5) is 4.39 Å². The molecule has 0 bridgehead atoms. The van der Waals surface area contributed by atoms with E-state index in [0.29, 0.717) is 11.1 Å². The van der Waals surface area contributed by atoms with Crippen LogP contribution in [0.25, 0.3) is 0 Å². The van der Waals surface area contributed by atoms with Gasteiger partial charge in [-0.25, -0.2) is 4.39 Å². The van der Waals surface area contributed by atoms with Crippen molar-refractivity contribution in [2.45, 2.75) is 29.9 Å². The fourth-order valence-electron chi connectivity index (χ4n) is 1.71. The Morgan fingerprint density at radius 2 is 1.86 bits per heavy atom. The van der Waals surface area contributed by atoms with Gasteiger partial charge in [-0.05, 0) is 18.1 Å². The summed E-state index contributed by atoms with van der Waals surface area (Å²) < 4.78 is 13.0. The van der Waals surface area contributed by atoms with Gasteiger partial charge >= 0.3 is 0 Å². The van der Waals surface area contributed by atoms with Crippen molar-refractivity contribution in [1.29, 1.82) is 0 Å². The molecule has 0 heterocycles. The summed E-state index contributed by atoms with van der Waals surface area (Å²) in [6, 6.07) is 4.61. The summed E-state index contributed by atoms with van der Waals surface area (Å²) in [6.45, 7) is 0.644. The molecule has 1 aromatic rings. The van der Waals surface area contributed by atoms with Gasteiger partial charge in [0.2, 0.25) is 0 Å². The molecule has 21 heavy (non-hydrogen) atoms. The second kappa shape index (κ2) is 8.26. The van der Waals surface area contributed by atoms with E-state index in [2.05, 4.69) is 10.5 Å². The molecule has 0 aliphatic rings. The predicted molar refractivity (Wildman–Crippen MR) is 79.0 cm³/mol. The van der Waals surface area contributed by atoms with Crippen LogP contribution < -0.4 is 5.32 Å². The molecule has 0 spiro atoms. The van der Waals surface area contributed by atoms with E-state index in [0.717, 1.165) is 0 Å². The Morgan fingerprint density at radius 1 is 1.33 bits per heavy atom. The fourth-order valence-corrected chi connectivity index (χ4v) is 1.84. The van der Waals surface area contributed by atoms with Crippen molar-refractivity contribution in [3.63, 3.8) is 0 Å². The largest absolute Gasteiger partial charge is 0.386 e. The van der Waals surface area contributed by atoms with Crippen molar-refractivity contribution in [3.8, 4) is 0 Å². The van der Waals surface area contributed by atoms with E-state index in [1.807, 2.05) is 0 Å². The average Bonchev–Trinajstić information content (AvgIpc) is 2.50. The molecule has 1 aromatic carbocycles. The third-order valence-electron chi connectivity index (χ3n) is 2.99. The van der Waals surface area contributed by atoms with Crippen LogP contribution >= 0.6 is 23.2 Å². The van der Waals surface area contributed by atoms with E-state index >= 15 is 0 Å². The third kappa shape index (κ3) is 4.91. The van der Waals surface area contributed by atoms with Crippen LogP contribution in [0.3, 0.4) is 0 Å². The Labute approximate surface area is 131 Å². The van der Waals surface area contributed by atoms with E-state index in [-0.39, 0.29) is 0 Å². The zero-order valence-electron chi connectivity index (χ0n) is 11.2. The summed E-state index contributed by atoms with van der Waals surface area (Å²) in [7, 11) is 0. The van der Waals surface area contributed by atoms with Gasteiger partial charge in [0.1, 0.15) is 18.8 Å². The van der Waals surface area contributed by atoms with Crippen LogP contribution in [0.15, 0.2) is 29.4 Å². The number of nitrogens with one attached hydrogen (secondary N) is 1. The number of nitrogens with zero attached hydrogens (tertiary/aromatic N) is 1. The first-order chi connectivity index (χ1) is 9.90. The maximum Gasteiger partial charge on any atom is 0.253 e. The Kier molecular flexibility index (Phi) is 7.01. The highest BCUT2D eigenvalue weighted by molar-refractivity contribution is 6.53. The van der Waals surface area contributed by atoms with E-state index in [9.17, 15) is 19.2 Å². The summed E-state index contributed by atoms with van der Waals surface area (Å²) in [5, 5.41) is 15.2. The molecule has 5 nitrogen and oxygen atoms in total. The number of rotatable bonds is 7. The van der Waals surface area contributed by atoms with Gasteiger partial charge in [0.25, 0.3) is 5.91 Å². The van der Waals surface area contributed by atoms with Gasteiger partial charge < -0.3 is 10.4 Å².